The SMILES string of the molecule is COC1=CC23CCCN2CCc2cc4c(cc2[C@@H]3C1OC(=O)[C@@](O)(CCCC(C)(C)O)CC(=O)SC(C)C)OCO4. The minimum absolute atomic E-state index is 0.00379. The summed E-state index contributed by atoms with van der Waals surface area (Å²) in [5.41, 5.74) is -1.26. The Kier molecular flexibility index (Phi) is 8.42. The lowest BCUT2D eigenvalue weighted by Crippen LogP contribution is -2.49. The summed E-state index contributed by atoms with van der Waals surface area (Å²) >= 11 is 1.10. The summed E-state index contributed by atoms with van der Waals surface area (Å²) in [4.78, 5) is 29.3. The van der Waals surface area contributed by atoms with Crippen LogP contribution in [0, 0.1) is 0 Å². The molecule has 5 rings (SSSR count). The fourth-order valence-electron chi connectivity index (χ4n) is 6.94. The number of methoxy groups -OCH3 is 1. The predicted octanol–water partition coefficient (Wildman–Crippen LogP) is 4.08. The molecule has 3 heterocycles. The van der Waals surface area contributed by atoms with Crippen LogP contribution in [0.5, 0.6) is 11.5 Å². The summed E-state index contributed by atoms with van der Waals surface area (Å²) in [6.07, 6.45) is 4.37. The highest BCUT2D eigenvalue weighted by molar-refractivity contribution is 8.14. The van der Waals surface area contributed by atoms with E-state index in [0.717, 1.165) is 55.2 Å². The second-order valence-electron chi connectivity index (χ2n) is 12.7. The number of aliphatic hydroxyl groups is 2. The Morgan fingerprint density at radius 2 is 1.90 bits per heavy atom. The molecule has 4 atom stereocenters. The number of esters is 1. The molecule has 0 saturated carbocycles. The fourth-order valence-corrected chi connectivity index (χ4v) is 7.79. The van der Waals surface area contributed by atoms with Gasteiger partial charge in [-0.15, -0.1) is 0 Å². The smallest absolute Gasteiger partial charge is 0.339 e. The molecule has 41 heavy (non-hydrogen) atoms. The minimum Gasteiger partial charge on any atom is -0.497 e. The first-order valence-electron chi connectivity index (χ1n) is 14.6. The van der Waals surface area contributed by atoms with Crippen LogP contribution in [0.1, 0.15) is 83.3 Å². The van der Waals surface area contributed by atoms with Crippen LogP contribution in [0.25, 0.3) is 0 Å². The first-order valence-corrected chi connectivity index (χ1v) is 15.5. The van der Waals surface area contributed by atoms with Crippen molar-refractivity contribution in [2.45, 2.75) is 107 Å². The molecule has 1 aliphatic carbocycles. The zero-order valence-electron chi connectivity index (χ0n) is 24.7. The van der Waals surface area contributed by atoms with E-state index in [2.05, 4.69) is 11.0 Å². The molecule has 0 radical (unpaired) electrons. The Morgan fingerprint density at radius 1 is 1.17 bits per heavy atom. The Morgan fingerprint density at radius 3 is 2.59 bits per heavy atom. The first kappa shape index (κ1) is 30.2. The molecule has 10 heteroatoms. The van der Waals surface area contributed by atoms with Crippen molar-refractivity contribution in [1.29, 1.82) is 0 Å². The number of ether oxygens (including phenoxy) is 4. The average Bonchev–Trinajstić information content (AvgIpc) is 3.56. The molecule has 1 fully saturated rings. The molecule has 2 N–H and O–H groups in total. The molecule has 226 valence electrons. The molecule has 3 aliphatic heterocycles. The van der Waals surface area contributed by atoms with E-state index >= 15 is 0 Å². The fraction of sp³-hybridized carbons (Fsp3) is 0.677. The van der Waals surface area contributed by atoms with Gasteiger partial charge in [-0.05, 0) is 88.3 Å². The van der Waals surface area contributed by atoms with Crippen molar-refractivity contribution in [3.63, 3.8) is 0 Å². The predicted molar refractivity (Wildman–Crippen MR) is 155 cm³/mol. The van der Waals surface area contributed by atoms with Gasteiger partial charge in [0.05, 0.1) is 30.6 Å². The lowest BCUT2D eigenvalue weighted by molar-refractivity contribution is -0.175. The molecule has 1 saturated heterocycles. The van der Waals surface area contributed by atoms with Gasteiger partial charge in [0.2, 0.25) is 6.79 Å². The number of fused-ring (bicyclic) bond motifs is 3. The monoisotopic (exact) mass is 589 g/mol. The molecule has 1 aromatic carbocycles. The zero-order valence-corrected chi connectivity index (χ0v) is 25.6. The zero-order chi connectivity index (χ0) is 29.6. The third-order valence-electron chi connectivity index (χ3n) is 8.76. The van der Waals surface area contributed by atoms with E-state index in [9.17, 15) is 19.8 Å². The topological polar surface area (TPSA) is 115 Å². The summed E-state index contributed by atoms with van der Waals surface area (Å²) in [6.45, 7) is 9.08. The lowest BCUT2D eigenvalue weighted by atomic mass is 9.77. The van der Waals surface area contributed by atoms with E-state index in [4.69, 9.17) is 18.9 Å². The van der Waals surface area contributed by atoms with Crippen molar-refractivity contribution >= 4 is 22.8 Å². The number of thioether (sulfide) groups is 1. The van der Waals surface area contributed by atoms with Crippen LogP contribution in [0.2, 0.25) is 0 Å². The van der Waals surface area contributed by atoms with E-state index in [1.807, 2.05) is 26.0 Å². The van der Waals surface area contributed by atoms with Crippen molar-refractivity contribution in [3.8, 4) is 11.5 Å². The molecule has 9 nitrogen and oxygen atoms in total. The maximum Gasteiger partial charge on any atom is 0.339 e. The summed E-state index contributed by atoms with van der Waals surface area (Å²) in [7, 11) is 1.58. The molecule has 0 amide bonds. The molecule has 0 bridgehead atoms. The van der Waals surface area contributed by atoms with Gasteiger partial charge in [-0.2, -0.15) is 0 Å². The van der Waals surface area contributed by atoms with Crippen molar-refractivity contribution in [3.05, 3.63) is 35.1 Å². The third-order valence-corrected chi connectivity index (χ3v) is 9.64. The Labute approximate surface area is 246 Å². The van der Waals surface area contributed by atoms with Gasteiger partial charge in [0.1, 0.15) is 5.76 Å². The molecule has 1 spiro atoms. The normalized spacial score (nSPS) is 26.5. The standard InChI is InChI=1S/C31H43NO8S/c1-19(2)41-25(33)17-31(36,11-6-9-29(3,4)35)28(34)40-27-24(37-5)16-30-10-7-12-32(30)13-8-20-14-22-23(39-18-38-22)15-21(20)26(27)30/h14-16,19,26-27,35-36H,6-13,17-18H2,1-5H3/t26-,27?,30?,31-/m1/s1. The van der Waals surface area contributed by atoms with Gasteiger partial charge in [-0.1, -0.05) is 25.6 Å². The Balaban J connectivity index is 1.49. The van der Waals surface area contributed by atoms with Crippen LogP contribution in [-0.4, -0.2) is 81.3 Å². The third kappa shape index (κ3) is 5.98. The summed E-state index contributed by atoms with van der Waals surface area (Å²) in [5, 5.41) is 21.7. The largest absolute Gasteiger partial charge is 0.497 e. The van der Waals surface area contributed by atoms with E-state index in [1.54, 1.807) is 21.0 Å². The van der Waals surface area contributed by atoms with E-state index in [0.29, 0.717) is 30.1 Å². The van der Waals surface area contributed by atoms with Gasteiger partial charge >= 0.3 is 5.97 Å². The molecule has 4 aliphatic rings. The first-order chi connectivity index (χ1) is 19.3. The van der Waals surface area contributed by atoms with Crippen molar-refractivity contribution in [1.82, 2.24) is 4.90 Å². The molecule has 2 unspecified atom stereocenters. The minimum atomic E-state index is -2.03. The quantitative estimate of drug-likeness (QED) is 0.387. The van der Waals surface area contributed by atoms with Crippen LogP contribution in [0.4, 0.5) is 0 Å². The van der Waals surface area contributed by atoms with Crippen LogP contribution in [0.15, 0.2) is 24.0 Å². The lowest BCUT2D eigenvalue weighted by Gasteiger charge is -2.39. The highest BCUT2D eigenvalue weighted by atomic mass is 32.2. The van der Waals surface area contributed by atoms with Gasteiger partial charge in [-0.3, -0.25) is 9.69 Å². The number of carbonyl (C=O) groups excluding carboxylic acids is 2. The van der Waals surface area contributed by atoms with E-state index < -0.39 is 28.8 Å². The second-order valence-corrected chi connectivity index (χ2v) is 14.3. The number of hydrogen-bond acceptors (Lipinski definition) is 10. The highest BCUT2D eigenvalue weighted by Crippen LogP contribution is 2.55. The average molecular weight is 590 g/mol. The van der Waals surface area contributed by atoms with Crippen molar-refractivity contribution in [2.24, 2.45) is 0 Å². The number of hydrogen-bond donors (Lipinski definition) is 2. The van der Waals surface area contributed by atoms with Crippen molar-refractivity contribution < 1.29 is 38.7 Å². The highest BCUT2D eigenvalue weighted by Gasteiger charge is 2.59. The van der Waals surface area contributed by atoms with Crippen LogP contribution >= 0.6 is 11.8 Å². The summed E-state index contributed by atoms with van der Waals surface area (Å²) in [5.74, 6) is 0.807. The number of benzene rings is 1. The molecule has 0 aromatic heterocycles. The molecule has 1 aromatic rings. The van der Waals surface area contributed by atoms with Gasteiger partial charge in [0.15, 0.2) is 28.3 Å². The van der Waals surface area contributed by atoms with Gasteiger partial charge < -0.3 is 29.2 Å². The summed E-state index contributed by atoms with van der Waals surface area (Å²) < 4.78 is 23.5. The van der Waals surface area contributed by atoms with Crippen LogP contribution < -0.4 is 9.47 Å². The van der Waals surface area contributed by atoms with Crippen LogP contribution in [0.3, 0.4) is 0 Å². The van der Waals surface area contributed by atoms with E-state index in [-0.39, 0.29) is 35.9 Å². The number of rotatable bonds is 10. The maximum absolute atomic E-state index is 14.0. The molecular formula is C31H43NO8S. The van der Waals surface area contributed by atoms with Gasteiger partial charge in [0.25, 0.3) is 0 Å². The Bertz CT molecular complexity index is 1210. The van der Waals surface area contributed by atoms with Gasteiger partial charge in [0, 0.05) is 11.8 Å². The number of nitrogens with zero attached hydrogens (tertiary/aromatic N) is 1. The molecular weight excluding hydrogens is 546 g/mol. The van der Waals surface area contributed by atoms with Crippen LogP contribution in [-0.2, 0) is 25.5 Å². The number of carbonyl (C=O) groups is 2. The second kappa shape index (κ2) is 11.4. The van der Waals surface area contributed by atoms with E-state index in [1.165, 1.54) is 0 Å². The Hall–Kier alpha value is -2.27. The van der Waals surface area contributed by atoms with Gasteiger partial charge in [-0.25, -0.2) is 4.79 Å². The van der Waals surface area contributed by atoms with Crippen molar-refractivity contribution in [2.75, 3.05) is 27.0 Å². The maximum atomic E-state index is 14.0. The summed E-state index contributed by atoms with van der Waals surface area (Å²) in [6, 6.07) is 4.05.